The van der Waals surface area contributed by atoms with Crippen molar-refractivity contribution in [2.75, 3.05) is 19.0 Å². The van der Waals surface area contributed by atoms with Crippen molar-refractivity contribution >= 4 is 23.3 Å². The van der Waals surface area contributed by atoms with Gasteiger partial charge in [-0.1, -0.05) is 18.2 Å². The number of carbonyl (C=O) groups is 2. The van der Waals surface area contributed by atoms with Crippen LogP contribution >= 0.6 is 0 Å². The van der Waals surface area contributed by atoms with Gasteiger partial charge in [0.25, 0.3) is 11.6 Å². The van der Waals surface area contributed by atoms with Crippen LogP contribution in [-0.2, 0) is 9.53 Å². The van der Waals surface area contributed by atoms with Crippen molar-refractivity contribution in [3.8, 4) is 5.75 Å². The molecule has 0 aromatic heterocycles. The van der Waals surface area contributed by atoms with Gasteiger partial charge >= 0.3 is 5.97 Å². The fraction of sp³-hybridized carbons (Fsp3) is 0.125. The Balaban J connectivity index is 1.94. The summed E-state index contributed by atoms with van der Waals surface area (Å²) in [6.07, 6.45) is 0. The lowest BCUT2D eigenvalue weighted by molar-refractivity contribution is -0.384. The largest absolute Gasteiger partial charge is 0.496 e. The number of anilines is 1. The van der Waals surface area contributed by atoms with Crippen LogP contribution in [0, 0.1) is 10.1 Å². The van der Waals surface area contributed by atoms with Crippen LogP contribution in [0.15, 0.2) is 48.5 Å². The number of nitro groups is 1. The number of benzene rings is 2. The van der Waals surface area contributed by atoms with E-state index in [9.17, 15) is 19.7 Å². The molecular formula is C16H14N2O6. The zero-order valence-electron chi connectivity index (χ0n) is 12.7. The fourth-order valence-corrected chi connectivity index (χ4v) is 1.92. The molecule has 0 atom stereocenters. The highest BCUT2D eigenvalue weighted by Crippen LogP contribution is 2.19. The van der Waals surface area contributed by atoms with Crippen LogP contribution in [0.3, 0.4) is 0 Å². The standard InChI is InChI=1S/C16H14N2O6/c1-23-14-8-3-2-7-13(14)16(20)24-10-15(19)17-11-5-4-6-12(9-11)18(21)22/h2-9H,10H2,1H3,(H,17,19). The summed E-state index contributed by atoms with van der Waals surface area (Å²) in [7, 11) is 1.42. The molecule has 8 heteroatoms. The van der Waals surface area contributed by atoms with Gasteiger partial charge in [-0.25, -0.2) is 4.79 Å². The molecule has 0 unspecified atom stereocenters. The zero-order valence-corrected chi connectivity index (χ0v) is 12.7. The Morgan fingerprint density at radius 3 is 2.62 bits per heavy atom. The predicted octanol–water partition coefficient (Wildman–Crippen LogP) is 2.40. The quantitative estimate of drug-likeness (QED) is 0.495. The van der Waals surface area contributed by atoms with E-state index >= 15 is 0 Å². The van der Waals surface area contributed by atoms with Crippen molar-refractivity contribution in [2.45, 2.75) is 0 Å². The van der Waals surface area contributed by atoms with E-state index in [4.69, 9.17) is 9.47 Å². The summed E-state index contributed by atoms with van der Waals surface area (Å²) in [5.41, 5.74) is 0.282. The molecule has 0 aliphatic carbocycles. The van der Waals surface area contributed by atoms with E-state index in [-0.39, 0.29) is 16.9 Å². The Morgan fingerprint density at radius 2 is 1.92 bits per heavy atom. The number of non-ortho nitro benzene ring substituents is 1. The lowest BCUT2D eigenvalue weighted by Gasteiger charge is -2.09. The Bertz CT molecular complexity index is 775. The van der Waals surface area contributed by atoms with Gasteiger partial charge in [-0.3, -0.25) is 14.9 Å². The van der Waals surface area contributed by atoms with Gasteiger partial charge in [0.05, 0.1) is 12.0 Å². The first-order valence-corrected chi connectivity index (χ1v) is 6.85. The maximum absolute atomic E-state index is 12.0. The summed E-state index contributed by atoms with van der Waals surface area (Å²) in [5, 5.41) is 13.1. The minimum absolute atomic E-state index is 0.154. The highest BCUT2D eigenvalue weighted by Gasteiger charge is 2.15. The van der Waals surface area contributed by atoms with Crippen molar-refractivity contribution < 1.29 is 24.0 Å². The van der Waals surface area contributed by atoms with Crippen LogP contribution in [0.4, 0.5) is 11.4 Å². The summed E-state index contributed by atoms with van der Waals surface area (Å²) in [4.78, 5) is 33.9. The number of nitrogens with one attached hydrogen (secondary N) is 1. The van der Waals surface area contributed by atoms with Gasteiger partial charge < -0.3 is 14.8 Å². The average Bonchev–Trinajstić information content (AvgIpc) is 2.59. The number of rotatable bonds is 6. The van der Waals surface area contributed by atoms with Crippen molar-refractivity contribution in [1.29, 1.82) is 0 Å². The number of esters is 1. The minimum Gasteiger partial charge on any atom is -0.496 e. The Labute approximate surface area is 137 Å². The molecule has 0 saturated carbocycles. The van der Waals surface area contributed by atoms with Crippen LogP contribution in [0.1, 0.15) is 10.4 Å². The van der Waals surface area contributed by atoms with Gasteiger partial charge in [0.1, 0.15) is 11.3 Å². The zero-order chi connectivity index (χ0) is 17.5. The average molecular weight is 330 g/mol. The molecule has 0 radical (unpaired) electrons. The number of carbonyl (C=O) groups excluding carboxylic acids is 2. The highest BCUT2D eigenvalue weighted by molar-refractivity contribution is 5.96. The highest BCUT2D eigenvalue weighted by atomic mass is 16.6. The molecule has 1 amide bonds. The molecule has 0 heterocycles. The van der Waals surface area contributed by atoms with Crippen molar-refractivity contribution in [1.82, 2.24) is 0 Å². The van der Waals surface area contributed by atoms with Gasteiger partial charge in [0, 0.05) is 17.8 Å². The molecule has 0 saturated heterocycles. The third-order valence-electron chi connectivity index (χ3n) is 3.00. The van der Waals surface area contributed by atoms with Crippen LogP contribution in [0.2, 0.25) is 0 Å². The van der Waals surface area contributed by atoms with Crippen LogP contribution in [0.5, 0.6) is 5.75 Å². The lowest BCUT2D eigenvalue weighted by Crippen LogP contribution is -2.21. The molecule has 8 nitrogen and oxygen atoms in total. The normalized spacial score (nSPS) is 9.88. The van der Waals surface area contributed by atoms with E-state index in [1.54, 1.807) is 18.2 Å². The monoisotopic (exact) mass is 330 g/mol. The molecular weight excluding hydrogens is 316 g/mol. The Morgan fingerprint density at radius 1 is 1.17 bits per heavy atom. The number of ether oxygens (including phenoxy) is 2. The van der Waals surface area contributed by atoms with E-state index in [1.807, 2.05) is 0 Å². The second-order valence-corrected chi connectivity index (χ2v) is 4.63. The number of nitro benzene ring substituents is 1. The Hall–Kier alpha value is -3.42. The van der Waals surface area contributed by atoms with Gasteiger partial charge in [-0.2, -0.15) is 0 Å². The molecule has 2 aromatic rings. The Kier molecular flexibility index (Phi) is 5.45. The molecule has 0 aliphatic heterocycles. The summed E-state index contributed by atoms with van der Waals surface area (Å²) in [5.74, 6) is -0.984. The summed E-state index contributed by atoms with van der Waals surface area (Å²) < 4.78 is 9.96. The maximum Gasteiger partial charge on any atom is 0.342 e. The first kappa shape index (κ1) is 16.9. The summed E-state index contributed by atoms with van der Waals surface area (Å²) in [6, 6.07) is 11.9. The van der Waals surface area contributed by atoms with E-state index in [2.05, 4.69) is 5.32 Å². The van der Waals surface area contributed by atoms with Crippen molar-refractivity contribution in [3.63, 3.8) is 0 Å². The number of methoxy groups -OCH3 is 1. The minimum atomic E-state index is -0.707. The third-order valence-corrected chi connectivity index (χ3v) is 3.00. The molecule has 0 fully saturated rings. The molecule has 2 rings (SSSR count). The van der Waals surface area contributed by atoms with E-state index < -0.39 is 23.4 Å². The molecule has 24 heavy (non-hydrogen) atoms. The molecule has 0 spiro atoms. The van der Waals surface area contributed by atoms with Gasteiger partial charge in [0.15, 0.2) is 6.61 Å². The van der Waals surface area contributed by atoms with Gasteiger partial charge in [0.2, 0.25) is 0 Å². The SMILES string of the molecule is COc1ccccc1C(=O)OCC(=O)Nc1cccc([N+](=O)[O-])c1. The van der Waals surface area contributed by atoms with Gasteiger partial charge in [-0.05, 0) is 18.2 Å². The van der Waals surface area contributed by atoms with E-state index in [0.29, 0.717) is 5.75 Å². The van der Waals surface area contributed by atoms with Crippen molar-refractivity contribution in [2.24, 2.45) is 0 Å². The molecule has 0 bridgehead atoms. The molecule has 2 aromatic carbocycles. The second kappa shape index (κ2) is 7.73. The summed E-state index contributed by atoms with van der Waals surface area (Å²) in [6.45, 7) is -0.528. The molecule has 1 N–H and O–H groups in total. The number of hydrogen-bond donors (Lipinski definition) is 1. The third kappa shape index (κ3) is 4.29. The lowest BCUT2D eigenvalue weighted by atomic mass is 10.2. The maximum atomic E-state index is 12.0. The number of nitrogens with zero attached hydrogens (tertiary/aromatic N) is 1. The number of hydrogen-bond acceptors (Lipinski definition) is 6. The number of amides is 1. The molecule has 124 valence electrons. The molecule has 0 aliphatic rings. The first-order chi connectivity index (χ1) is 11.5. The van der Waals surface area contributed by atoms with Gasteiger partial charge in [-0.15, -0.1) is 0 Å². The topological polar surface area (TPSA) is 108 Å². The van der Waals surface area contributed by atoms with Crippen LogP contribution in [-0.4, -0.2) is 30.5 Å². The second-order valence-electron chi connectivity index (χ2n) is 4.63. The van der Waals surface area contributed by atoms with Crippen LogP contribution < -0.4 is 10.1 Å². The summed E-state index contributed by atoms with van der Waals surface area (Å²) >= 11 is 0. The van der Waals surface area contributed by atoms with Crippen LogP contribution in [0.25, 0.3) is 0 Å². The number of para-hydroxylation sites is 1. The fourth-order valence-electron chi connectivity index (χ4n) is 1.92. The smallest absolute Gasteiger partial charge is 0.342 e. The first-order valence-electron chi connectivity index (χ1n) is 6.85. The van der Waals surface area contributed by atoms with E-state index in [0.717, 1.165) is 0 Å². The van der Waals surface area contributed by atoms with E-state index in [1.165, 1.54) is 37.4 Å². The predicted molar refractivity (Wildman–Crippen MR) is 85.0 cm³/mol. The van der Waals surface area contributed by atoms with Crippen molar-refractivity contribution in [3.05, 3.63) is 64.2 Å².